The molecule has 6 heteroatoms. The molecule has 0 fully saturated rings. The Kier molecular flexibility index (Phi) is 8.15. The van der Waals surface area contributed by atoms with Gasteiger partial charge in [0.15, 0.2) is 6.61 Å². The van der Waals surface area contributed by atoms with Crippen LogP contribution in [-0.2, 0) is 10.5 Å². The lowest BCUT2D eigenvalue weighted by Gasteiger charge is -2.10. The molecular formula is C20H25NO4S. The van der Waals surface area contributed by atoms with Gasteiger partial charge >= 0.3 is 0 Å². The highest BCUT2D eigenvalue weighted by molar-refractivity contribution is 7.98. The predicted octanol–water partition coefficient (Wildman–Crippen LogP) is 3.44. The molecule has 2 rings (SSSR count). The van der Waals surface area contributed by atoms with Crippen molar-refractivity contribution in [2.24, 2.45) is 0 Å². The first-order valence-corrected chi connectivity index (χ1v) is 9.52. The molecule has 0 aliphatic heterocycles. The summed E-state index contributed by atoms with van der Waals surface area (Å²) in [6.45, 7) is 2.66. The molecule has 0 bridgehead atoms. The van der Waals surface area contributed by atoms with Crippen LogP contribution in [0.25, 0.3) is 0 Å². The van der Waals surface area contributed by atoms with E-state index in [1.165, 1.54) is 11.1 Å². The van der Waals surface area contributed by atoms with Crippen LogP contribution in [0.5, 0.6) is 17.2 Å². The Morgan fingerprint density at radius 2 is 1.73 bits per heavy atom. The van der Waals surface area contributed by atoms with Crippen molar-refractivity contribution >= 4 is 17.7 Å². The number of hydrogen-bond acceptors (Lipinski definition) is 5. The van der Waals surface area contributed by atoms with Crippen LogP contribution in [0.4, 0.5) is 0 Å². The maximum Gasteiger partial charge on any atom is 0.257 e. The molecule has 0 radical (unpaired) electrons. The van der Waals surface area contributed by atoms with E-state index in [0.717, 1.165) is 11.5 Å². The van der Waals surface area contributed by atoms with Gasteiger partial charge in [-0.2, -0.15) is 11.8 Å². The minimum absolute atomic E-state index is 0.0428. The van der Waals surface area contributed by atoms with Gasteiger partial charge in [0.25, 0.3) is 5.91 Å². The first-order chi connectivity index (χ1) is 12.6. The highest BCUT2D eigenvalue weighted by Crippen LogP contribution is 2.27. The molecule has 140 valence electrons. The second-order valence-electron chi connectivity index (χ2n) is 5.73. The van der Waals surface area contributed by atoms with E-state index in [2.05, 4.69) is 36.5 Å². The number of ether oxygens (including phenoxy) is 3. The lowest BCUT2D eigenvalue weighted by atomic mass is 10.2. The Labute approximate surface area is 159 Å². The van der Waals surface area contributed by atoms with E-state index in [9.17, 15) is 4.79 Å². The van der Waals surface area contributed by atoms with Crippen molar-refractivity contribution in [2.75, 3.05) is 33.1 Å². The van der Waals surface area contributed by atoms with Crippen LogP contribution >= 0.6 is 11.8 Å². The van der Waals surface area contributed by atoms with Gasteiger partial charge in [-0.05, 0) is 12.5 Å². The molecular weight excluding hydrogens is 350 g/mol. The molecule has 0 aliphatic carbocycles. The van der Waals surface area contributed by atoms with Crippen molar-refractivity contribution in [2.45, 2.75) is 12.7 Å². The first-order valence-electron chi connectivity index (χ1n) is 8.36. The molecule has 5 nitrogen and oxygen atoms in total. The summed E-state index contributed by atoms with van der Waals surface area (Å²) in [6.07, 6.45) is 0. The predicted molar refractivity (Wildman–Crippen MR) is 105 cm³/mol. The van der Waals surface area contributed by atoms with Gasteiger partial charge in [-0.3, -0.25) is 4.79 Å². The third-order valence-corrected chi connectivity index (χ3v) is 4.64. The maximum absolute atomic E-state index is 11.9. The molecule has 0 atom stereocenters. The van der Waals surface area contributed by atoms with Crippen molar-refractivity contribution < 1.29 is 19.0 Å². The molecule has 0 aliphatic rings. The van der Waals surface area contributed by atoms with Gasteiger partial charge in [0.2, 0.25) is 0 Å². The summed E-state index contributed by atoms with van der Waals surface area (Å²) in [5.41, 5.74) is 2.57. The van der Waals surface area contributed by atoms with Gasteiger partial charge in [-0.25, -0.2) is 0 Å². The minimum atomic E-state index is -0.150. The fraction of sp³-hybridized carbons (Fsp3) is 0.350. The molecule has 1 N–H and O–H groups in total. The lowest BCUT2D eigenvalue weighted by molar-refractivity contribution is -0.122. The number of amides is 1. The molecule has 0 unspecified atom stereocenters. The van der Waals surface area contributed by atoms with Crippen LogP contribution in [0, 0.1) is 6.92 Å². The maximum atomic E-state index is 11.9. The number of carbonyl (C=O) groups excluding carboxylic acids is 1. The fourth-order valence-electron chi connectivity index (χ4n) is 2.32. The van der Waals surface area contributed by atoms with Gasteiger partial charge in [-0.15, -0.1) is 0 Å². The minimum Gasteiger partial charge on any atom is -0.496 e. The van der Waals surface area contributed by atoms with Crippen LogP contribution < -0.4 is 19.5 Å². The van der Waals surface area contributed by atoms with Crippen LogP contribution in [0.1, 0.15) is 11.1 Å². The topological polar surface area (TPSA) is 56.8 Å². The SMILES string of the molecule is COc1cc(OC)cc(OCC(=O)NCCSCc2cccc(C)c2)c1. The normalized spacial score (nSPS) is 10.3. The fourth-order valence-corrected chi connectivity index (χ4v) is 3.13. The highest BCUT2D eigenvalue weighted by Gasteiger charge is 2.06. The number of benzene rings is 2. The zero-order valence-corrected chi connectivity index (χ0v) is 16.2. The molecule has 0 saturated heterocycles. The van der Waals surface area contributed by atoms with Crippen molar-refractivity contribution in [3.05, 3.63) is 53.6 Å². The summed E-state index contributed by atoms with van der Waals surface area (Å²) >= 11 is 1.79. The Morgan fingerprint density at radius 1 is 1.04 bits per heavy atom. The van der Waals surface area contributed by atoms with Crippen LogP contribution in [-0.4, -0.2) is 39.0 Å². The molecule has 2 aromatic carbocycles. The zero-order chi connectivity index (χ0) is 18.8. The molecule has 26 heavy (non-hydrogen) atoms. The standard InChI is InChI=1S/C20H25NO4S/c1-15-5-4-6-16(9-15)14-26-8-7-21-20(22)13-25-19-11-17(23-2)10-18(12-19)24-3/h4-6,9-12H,7-8,13-14H2,1-3H3,(H,21,22). The summed E-state index contributed by atoms with van der Waals surface area (Å²) in [5.74, 6) is 3.41. The second-order valence-corrected chi connectivity index (χ2v) is 6.83. The van der Waals surface area contributed by atoms with Gasteiger partial charge in [-0.1, -0.05) is 29.8 Å². The number of nitrogens with one attached hydrogen (secondary N) is 1. The Hall–Kier alpha value is -2.34. The van der Waals surface area contributed by atoms with E-state index in [-0.39, 0.29) is 12.5 Å². The average Bonchev–Trinajstić information content (AvgIpc) is 2.65. The zero-order valence-electron chi connectivity index (χ0n) is 15.4. The van der Waals surface area contributed by atoms with Crippen LogP contribution in [0.2, 0.25) is 0 Å². The largest absolute Gasteiger partial charge is 0.496 e. The van der Waals surface area contributed by atoms with E-state index >= 15 is 0 Å². The summed E-state index contributed by atoms with van der Waals surface area (Å²) < 4.78 is 15.9. The Bertz CT molecular complexity index is 698. The van der Waals surface area contributed by atoms with E-state index < -0.39 is 0 Å². The number of aryl methyl sites for hydroxylation is 1. The summed E-state index contributed by atoms with van der Waals surface area (Å²) in [6, 6.07) is 13.6. The van der Waals surface area contributed by atoms with E-state index in [1.807, 2.05) is 0 Å². The van der Waals surface area contributed by atoms with Crippen molar-refractivity contribution in [3.63, 3.8) is 0 Å². The van der Waals surface area contributed by atoms with Gasteiger partial charge < -0.3 is 19.5 Å². The number of thioether (sulfide) groups is 1. The highest BCUT2D eigenvalue weighted by atomic mass is 32.2. The molecule has 0 aromatic heterocycles. The third-order valence-electron chi connectivity index (χ3n) is 3.61. The smallest absolute Gasteiger partial charge is 0.257 e. The van der Waals surface area contributed by atoms with Crippen molar-refractivity contribution in [1.29, 1.82) is 0 Å². The molecule has 0 saturated carbocycles. The second kappa shape index (κ2) is 10.6. The summed E-state index contributed by atoms with van der Waals surface area (Å²) in [4.78, 5) is 11.9. The van der Waals surface area contributed by atoms with Gasteiger partial charge in [0, 0.05) is 36.2 Å². The van der Waals surface area contributed by atoms with E-state index in [0.29, 0.717) is 23.8 Å². The van der Waals surface area contributed by atoms with E-state index in [4.69, 9.17) is 14.2 Å². The van der Waals surface area contributed by atoms with Crippen molar-refractivity contribution in [1.82, 2.24) is 5.32 Å². The molecule has 1 amide bonds. The Morgan fingerprint density at radius 3 is 2.38 bits per heavy atom. The lowest BCUT2D eigenvalue weighted by Crippen LogP contribution is -2.30. The molecule has 0 heterocycles. The van der Waals surface area contributed by atoms with E-state index in [1.54, 1.807) is 44.2 Å². The number of rotatable bonds is 10. The summed E-state index contributed by atoms with van der Waals surface area (Å²) in [5, 5.41) is 2.86. The van der Waals surface area contributed by atoms with Crippen LogP contribution in [0.3, 0.4) is 0 Å². The van der Waals surface area contributed by atoms with Crippen LogP contribution in [0.15, 0.2) is 42.5 Å². The molecule has 2 aromatic rings. The number of methoxy groups -OCH3 is 2. The quantitative estimate of drug-likeness (QED) is 0.645. The van der Waals surface area contributed by atoms with Crippen molar-refractivity contribution in [3.8, 4) is 17.2 Å². The average molecular weight is 375 g/mol. The number of carbonyl (C=O) groups is 1. The third kappa shape index (κ3) is 6.88. The monoisotopic (exact) mass is 375 g/mol. The summed E-state index contributed by atoms with van der Waals surface area (Å²) in [7, 11) is 3.14. The first kappa shape index (κ1) is 20.0. The van der Waals surface area contributed by atoms with Gasteiger partial charge in [0.1, 0.15) is 17.2 Å². The Balaban J connectivity index is 1.66. The van der Waals surface area contributed by atoms with Gasteiger partial charge in [0.05, 0.1) is 14.2 Å². The number of hydrogen-bond donors (Lipinski definition) is 1. The molecule has 0 spiro atoms.